The van der Waals surface area contributed by atoms with Crippen molar-refractivity contribution in [2.24, 2.45) is 5.92 Å². The first-order valence-electron chi connectivity index (χ1n) is 4.26. The third kappa shape index (κ3) is 3.19. The van der Waals surface area contributed by atoms with Crippen LogP contribution >= 0.6 is 37.4 Å². The van der Waals surface area contributed by atoms with Crippen molar-refractivity contribution < 1.29 is 9.90 Å². The van der Waals surface area contributed by atoms with Crippen molar-refractivity contribution in [1.82, 2.24) is 5.32 Å². The van der Waals surface area contributed by atoms with Crippen LogP contribution in [-0.4, -0.2) is 28.9 Å². The molecule has 1 fully saturated rings. The van der Waals surface area contributed by atoms with Crippen LogP contribution in [0.15, 0.2) is 0 Å². The predicted octanol–water partition coefficient (Wildman–Crippen LogP) is 1.60. The summed E-state index contributed by atoms with van der Waals surface area (Å²) in [5.74, 6) is -0.102. The van der Waals surface area contributed by atoms with E-state index in [1.165, 1.54) is 0 Å². The van der Waals surface area contributed by atoms with E-state index in [0.29, 0.717) is 12.3 Å². The quantitative estimate of drug-likeness (QED) is 0.660. The Balaban J connectivity index is 0. The molecular weight excluding hydrogens is 245 g/mol. The van der Waals surface area contributed by atoms with E-state index in [4.69, 9.17) is 5.11 Å². The van der Waals surface area contributed by atoms with Crippen LogP contribution in [0.4, 0.5) is 0 Å². The van der Waals surface area contributed by atoms with Gasteiger partial charge in [-0.05, 0) is 25.3 Å². The third-order valence-corrected chi connectivity index (χ3v) is 2.90. The first kappa shape index (κ1) is 16.8. The molecule has 0 aromatic rings. The Labute approximate surface area is 102 Å². The molecule has 0 amide bonds. The average Bonchev–Trinajstić information content (AvgIpc) is 2.82. The number of likely N-dealkylation sites (N-methyl/N-ethyl adjacent to an activating group) is 1. The van der Waals surface area contributed by atoms with Crippen molar-refractivity contribution in [3.8, 4) is 0 Å². The molecule has 0 aromatic carbocycles. The fourth-order valence-electron chi connectivity index (χ4n) is 1.54. The summed E-state index contributed by atoms with van der Waals surface area (Å²) in [6.45, 7) is 2.60. The van der Waals surface area contributed by atoms with Gasteiger partial charge in [0.2, 0.25) is 0 Å². The summed E-state index contributed by atoms with van der Waals surface area (Å²) in [6.07, 6.45) is 2.03. The summed E-state index contributed by atoms with van der Waals surface area (Å²) in [6, 6.07) is 0. The van der Waals surface area contributed by atoms with E-state index < -0.39 is 11.5 Å². The normalized spacial score (nSPS) is 18.7. The van der Waals surface area contributed by atoms with E-state index in [9.17, 15) is 4.79 Å². The predicted molar refractivity (Wildman–Crippen MR) is 65.1 cm³/mol. The molecule has 0 unspecified atom stereocenters. The van der Waals surface area contributed by atoms with Gasteiger partial charge >= 0.3 is 5.97 Å². The molecule has 0 aromatic heterocycles. The number of carbonyl (C=O) groups is 1. The third-order valence-electron chi connectivity index (χ3n) is 2.40. The van der Waals surface area contributed by atoms with Gasteiger partial charge in [0, 0.05) is 5.75 Å². The van der Waals surface area contributed by atoms with Crippen LogP contribution in [0.2, 0.25) is 0 Å². The largest absolute Gasteiger partial charge is 0.480 e. The molecule has 2 N–H and O–H groups in total. The van der Waals surface area contributed by atoms with Gasteiger partial charge in [-0.1, -0.05) is 6.92 Å². The lowest BCUT2D eigenvalue weighted by Crippen LogP contribution is -2.55. The molecular formula is C8H17Cl2NO2S. The Morgan fingerprint density at radius 3 is 2.29 bits per heavy atom. The van der Waals surface area contributed by atoms with Gasteiger partial charge in [-0.15, -0.1) is 24.8 Å². The number of carboxylic acid groups (broad SMARTS) is 1. The second-order valence-corrected chi connectivity index (χ2v) is 3.56. The van der Waals surface area contributed by atoms with Crippen LogP contribution < -0.4 is 5.32 Å². The van der Waals surface area contributed by atoms with E-state index in [-0.39, 0.29) is 30.7 Å². The monoisotopic (exact) mass is 261 g/mol. The van der Waals surface area contributed by atoms with Crippen LogP contribution in [0.5, 0.6) is 0 Å². The lowest BCUT2D eigenvalue weighted by molar-refractivity contribution is -0.144. The fourth-order valence-corrected chi connectivity index (χ4v) is 2.04. The van der Waals surface area contributed by atoms with E-state index in [0.717, 1.165) is 12.8 Å². The molecule has 1 atom stereocenters. The highest BCUT2D eigenvalue weighted by atomic mass is 35.5. The number of aliphatic carboxylic acids is 1. The zero-order chi connectivity index (χ0) is 9.19. The number of hydrogen-bond acceptors (Lipinski definition) is 3. The molecule has 0 bridgehead atoms. The highest BCUT2D eigenvalue weighted by Gasteiger charge is 2.49. The summed E-state index contributed by atoms with van der Waals surface area (Å²) >= 11 is 4.11. The number of carboxylic acids is 1. The van der Waals surface area contributed by atoms with Crippen LogP contribution in [0, 0.1) is 5.92 Å². The molecule has 1 rings (SSSR count). The molecule has 0 heterocycles. The highest BCUT2D eigenvalue weighted by Crippen LogP contribution is 2.40. The lowest BCUT2D eigenvalue weighted by Gasteiger charge is -2.28. The van der Waals surface area contributed by atoms with Crippen molar-refractivity contribution in [3.05, 3.63) is 0 Å². The minimum Gasteiger partial charge on any atom is -0.480 e. The van der Waals surface area contributed by atoms with Gasteiger partial charge in [-0.25, -0.2) is 0 Å². The van der Waals surface area contributed by atoms with Gasteiger partial charge in [0.25, 0.3) is 0 Å². The number of nitrogens with one attached hydrogen (secondary N) is 1. The van der Waals surface area contributed by atoms with Crippen molar-refractivity contribution in [2.45, 2.75) is 25.3 Å². The van der Waals surface area contributed by atoms with Crippen molar-refractivity contribution >= 4 is 43.4 Å². The van der Waals surface area contributed by atoms with Crippen molar-refractivity contribution in [1.29, 1.82) is 0 Å². The SMILES string of the molecule is CCN[C@@](CS)(C(=O)O)C1CC1.Cl.Cl. The molecule has 14 heavy (non-hydrogen) atoms. The number of halogens is 2. The minimum atomic E-state index is -0.766. The Hall–Kier alpha value is 0.360. The van der Waals surface area contributed by atoms with Crippen LogP contribution in [0.25, 0.3) is 0 Å². The van der Waals surface area contributed by atoms with Crippen LogP contribution in [0.1, 0.15) is 19.8 Å². The van der Waals surface area contributed by atoms with Gasteiger partial charge < -0.3 is 10.4 Å². The maximum atomic E-state index is 11.0. The summed E-state index contributed by atoms with van der Waals surface area (Å²) in [4.78, 5) is 11.0. The summed E-state index contributed by atoms with van der Waals surface area (Å²) in [7, 11) is 0. The zero-order valence-electron chi connectivity index (χ0n) is 8.02. The number of thiol groups is 1. The lowest BCUT2D eigenvalue weighted by atomic mass is 9.96. The molecule has 1 aliphatic carbocycles. The Kier molecular flexibility index (Phi) is 8.12. The van der Waals surface area contributed by atoms with Gasteiger partial charge in [0.1, 0.15) is 5.54 Å². The fraction of sp³-hybridized carbons (Fsp3) is 0.875. The van der Waals surface area contributed by atoms with Gasteiger partial charge in [0.05, 0.1) is 0 Å². The first-order valence-corrected chi connectivity index (χ1v) is 4.90. The average molecular weight is 262 g/mol. The van der Waals surface area contributed by atoms with E-state index in [1.54, 1.807) is 0 Å². The van der Waals surface area contributed by atoms with E-state index in [1.807, 2.05) is 6.92 Å². The van der Waals surface area contributed by atoms with E-state index in [2.05, 4.69) is 17.9 Å². The molecule has 86 valence electrons. The molecule has 0 aliphatic heterocycles. The highest BCUT2D eigenvalue weighted by molar-refractivity contribution is 7.80. The van der Waals surface area contributed by atoms with Gasteiger partial charge in [-0.2, -0.15) is 12.6 Å². The maximum absolute atomic E-state index is 11.0. The minimum absolute atomic E-state index is 0. The standard InChI is InChI=1S/C8H15NO2S.2ClH/c1-2-9-8(5-12,7(10)11)6-3-4-6;;/h6,9,12H,2-5H2,1H3,(H,10,11);2*1H/t8-;;/m1../s1. The van der Waals surface area contributed by atoms with Gasteiger partial charge in [-0.3, -0.25) is 4.79 Å². The van der Waals surface area contributed by atoms with Crippen molar-refractivity contribution in [2.75, 3.05) is 12.3 Å². The van der Waals surface area contributed by atoms with E-state index >= 15 is 0 Å². The Bertz CT molecular complexity index is 190. The number of hydrogen-bond donors (Lipinski definition) is 3. The van der Waals surface area contributed by atoms with Crippen LogP contribution in [-0.2, 0) is 4.79 Å². The first-order chi connectivity index (χ1) is 5.67. The topological polar surface area (TPSA) is 49.3 Å². The molecule has 3 nitrogen and oxygen atoms in total. The second kappa shape index (κ2) is 6.77. The molecule has 6 heteroatoms. The zero-order valence-corrected chi connectivity index (χ0v) is 10.6. The Morgan fingerprint density at radius 2 is 2.07 bits per heavy atom. The number of rotatable bonds is 5. The summed E-state index contributed by atoms with van der Waals surface area (Å²) in [5.41, 5.74) is -0.766. The van der Waals surface area contributed by atoms with Crippen molar-refractivity contribution in [3.63, 3.8) is 0 Å². The summed E-state index contributed by atoms with van der Waals surface area (Å²) < 4.78 is 0. The second-order valence-electron chi connectivity index (χ2n) is 3.24. The molecule has 1 aliphatic rings. The smallest absolute Gasteiger partial charge is 0.325 e. The summed E-state index contributed by atoms with van der Waals surface area (Å²) in [5, 5.41) is 12.1. The maximum Gasteiger partial charge on any atom is 0.325 e. The molecule has 1 saturated carbocycles. The Morgan fingerprint density at radius 1 is 1.57 bits per heavy atom. The molecule has 0 spiro atoms. The molecule has 0 saturated heterocycles. The van der Waals surface area contributed by atoms with Gasteiger partial charge in [0.15, 0.2) is 0 Å². The molecule has 0 radical (unpaired) electrons. The van der Waals surface area contributed by atoms with Crippen LogP contribution in [0.3, 0.4) is 0 Å².